The summed E-state index contributed by atoms with van der Waals surface area (Å²) in [6, 6.07) is 23.4. The monoisotopic (exact) mass is 391 g/mol. The lowest BCUT2D eigenvalue weighted by molar-refractivity contribution is 0.306. The van der Waals surface area contributed by atoms with Gasteiger partial charge in [0.15, 0.2) is 17.5 Å². The molecule has 0 amide bonds. The van der Waals surface area contributed by atoms with Crippen LogP contribution in [0.2, 0.25) is 0 Å². The Labute approximate surface area is 170 Å². The summed E-state index contributed by atoms with van der Waals surface area (Å²) >= 11 is 0. The van der Waals surface area contributed by atoms with Crippen LogP contribution < -0.4 is 25.3 Å². The molecule has 0 heterocycles. The fourth-order valence-electron chi connectivity index (χ4n) is 2.71. The molecule has 29 heavy (non-hydrogen) atoms. The highest BCUT2D eigenvalue weighted by molar-refractivity contribution is 5.92. The maximum atomic E-state index is 6.00. The third-order valence-corrected chi connectivity index (χ3v) is 4.26. The van der Waals surface area contributed by atoms with Gasteiger partial charge in [0.2, 0.25) is 0 Å². The van der Waals surface area contributed by atoms with E-state index in [1.807, 2.05) is 66.7 Å². The van der Waals surface area contributed by atoms with Gasteiger partial charge in [0.05, 0.1) is 20.8 Å². The number of methoxy groups -OCH3 is 2. The van der Waals surface area contributed by atoms with Crippen molar-refractivity contribution >= 4 is 11.6 Å². The highest BCUT2D eigenvalue weighted by Gasteiger charge is 2.05. The van der Waals surface area contributed by atoms with Gasteiger partial charge in [0.1, 0.15) is 12.4 Å². The number of hydrogen-bond donors (Lipinski definition) is 2. The number of aliphatic imine (C=N–C) groups is 1. The van der Waals surface area contributed by atoms with Gasteiger partial charge in [-0.1, -0.05) is 42.5 Å². The van der Waals surface area contributed by atoms with E-state index in [9.17, 15) is 0 Å². The van der Waals surface area contributed by atoms with E-state index in [2.05, 4.69) is 10.3 Å². The standard InChI is InChI=1S/C23H25N3O3/c1-27-21-13-10-19(14-22(21)28-2)26-23(24)25-15-17-8-11-20(12-9-17)29-16-18-6-4-3-5-7-18/h3-14H,15-16H2,1-2H3,(H3,24,25,26). The summed E-state index contributed by atoms with van der Waals surface area (Å²) in [7, 11) is 3.19. The van der Waals surface area contributed by atoms with Crippen LogP contribution in [0.15, 0.2) is 77.8 Å². The van der Waals surface area contributed by atoms with E-state index in [0.29, 0.717) is 30.6 Å². The zero-order valence-electron chi connectivity index (χ0n) is 16.6. The fourth-order valence-corrected chi connectivity index (χ4v) is 2.71. The number of nitrogens with one attached hydrogen (secondary N) is 1. The molecule has 0 fully saturated rings. The van der Waals surface area contributed by atoms with Gasteiger partial charge in [0.25, 0.3) is 0 Å². The first-order valence-corrected chi connectivity index (χ1v) is 9.22. The smallest absolute Gasteiger partial charge is 0.193 e. The van der Waals surface area contributed by atoms with Crippen LogP contribution in [0.4, 0.5) is 5.69 Å². The van der Waals surface area contributed by atoms with Crippen LogP contribution in [0.3, 0.4) is 0 Å². The van der Waals surface area contributed by atoms with Gasteiger partial charge in [-0.2, -0.15) is 0 Å². The SMILES string of the molecule is COc1ccc(NC(N)=NCc2ccc(OCc3ccccc3)cc2)cc1OC. The minimum absolute atomic E-state index is 0.321. The second-order valence-electron chi connectivity index (χ2n) is 6.31. The van der Waals surface area contributed by atoms with Crippen molar-refractivity contribution in [1.82, 2.24) is 0 Å². The van der Waals surface area contributed by atoms with E-state index in [1.54, 1.807) is 20.3 Å². The molecule has 0 bridgehead atoms. The van der Waals surface area contributed by atoms with Crippen LogP contribution in [0.5, 0.6) is 17.2 Å². The summed E-state index contributed by atoms with van der Waals surface area (Å²) in [5.74, 6) is 2.42. The molecule has 0 radical (unpaired) electrons. The Morgan fingerprint density at radius 3 is 2.28 bits per heavy atom. The van der Waals surface area contributed by atoms with Crippen LogP contribution in [-0.4, -0.2) is 20.2 Å². The van der Waals surface area contributed by atoms with Crippen molar-refractivity contribution in [1.29, 1.82) is 0 Å². The van der Waals surface area contributed by atoms with Gasteiger partial charge >= 0.3 is 0 Å². The van der Waals surface area contributed by atoms with Crippen LogP contribution in [0, 0.1) is 0 Å². The molecule has 0 aliphatic heterocycles. The molecule has 3 aromatic carbocycles. The third kappa shape index (κ3) is 5.90. The van der Waals surface area contributed by atoms with E-state index in [-0.39, 0.29) is 0 Å². The molecule has 0 unspecified atom stereocenters. The van der Waals surface area contributed by atoms with Gasteiger partial charge in [-0.3, -0.25) is 0 Å². The summed E-state index contributed by atoms with van der Waals surface area (Å²) in [5, 5.41) is 3.06. The molecule has 6 heteroatoms. The summed E-state index contributed by atoms with van der Waals surface area (Å²) in [4.78, 5) is 4.38. The van der Waals surface area contributed by atoms with Crippen molar-refractivity contribution in [3.63, 3.8) is 0 Å². The summed E-state index contributed by atoms with van der Waals surface area (Å²) in [6.45, 7) is 1.01. The first-order valence-electron chi connectivity index (χ1n) is 9.22. The first-order chi connectivity index (χ1) is 14.2. The Balaban J connectivity index is 1.53. The normalized spacial score (nSPS) is 11.0. The maximum absolute atomic E-state index is 6.00. The van der Waals surface area contributed by atoms with Crippen molar-refractivity contribution in [2.75, 3.05) is 19.5 Å². The Kier molecular flexibility index (Phi) is 6.95. The zero-order valence-corrected chi connectivity index (χ0v) is 16.6. The zero-order chi connectivity index (χ0) is 20.5. The second-order valence-corrected chi connectivity index (χ2v) is 6.31. The quantitative estimate of drug-likeness (QED) is 0.444. The highest BCUT2D eigenvalue weighted by atomic mass is 16.5. The minimum Gasteiger partial charge on any atom is -0.493 e. The van der Waals surface area contributed by atoms with Crippen LogP contribution in [0.25, 0.3) is 0 Å². The van der Waals surface area contributed by atoms with Crippen LogP contribution in [0.1, 0.15) is 11.1 Å². The molecular weight excluding hydrogens is 366 g/mol. The maximum Gasteiger partial charge on any atom is 0.193 e. The molecule has 3 rings (SSSR count). The van der Waals surface area contributed by atoms with Crippen molar-refractivity contribution in [2.45, 2.75) is 13.2 Å². The molecule has 0 aromatic heterocycles. The molecule has 3 N–H and O–H groups in total. The average Bonchev–Trinajstić information content (AvgIpc) is 2.77. The molecule has 0 aliphatic rings. The van der Waals surface area contributed by atoms with Gasteiger partial charge in [-0.15, -0.1) is 0 Å². The van der Waals surface area contributed by atoms with Crippen molar-refractivity contribution in [2.24, 2.45) is 10.7 Å². The Morgan fingerprint density at radius 2 is 1.59 bits per heavy atom. The van der Waals surface area contributed by atoms with Gasteiger partial charge in [0, 0.05) is 11.8 Å². The van der Waals surface area contributed by atoms with Crippen LogP contribution in [-0.2, 0) is 13.2 Å². The number of nitrogens with two attached hydrogens (primary N) is 1. The predicted molar refractivity (Wildman–Crippen MR) is 116 cm³/mol. The minimum atomic E-state index is 0.321. The lowest BCUT2D eigenvalue weighted by Gasteiger charge is -2.11. The van der Waals surface area contributed by atoms with E-state index in [0.717, 1.165) is 22.6 Å². The molecule has 0 atom stereocenters. The molecule has 150 valence electrons. The number of benzene rings is 3. The number of ether oxygens (including phenoxy) is 3. The molecule has 0 spiro atoms. The fraction of sp³-hybridized carbons (Fsp3) is 0.174. The van der Waals surface area contributed by atoms with Crippen molar-refractivity contribution in [3.8, 4) is 17.2 Å². The lowest BCUT2D eigenvalue weighted by atomic mass is 10.2. The largest absolute Gasteiger partial charge is 0.493 e. The summed E-state index contributed by atoms with van der Waals surface area (Å²) < 4.78 is 16.3. The predicted octanol–water partition coefficient (Wildman–Crippen LogP) is 4.21. The van der Waals surface area contributed by atoms with Gasteiger partial charge < -0.3 is 25.3 Å². The Hall–Kier alpha value is -3.67. The van der Waals surface area contributed by atoms with E-state index < -0.39 is 0 Å². The molecular formula is C23H25N3O3. The van der Waals surface area contributed by atoms with Crippen LogP contribution >= 0.6 is 0 Å². The number of nitrogens with zero attached hydrogens (tertiary/aromatic N) is 1. The Bertz CT molecular complexity index is 941. The Morgan fingerprint density at radius 1 is 0.862 bits per heavy atom. The topological polar surface area (TPSA) is 78.1 Å². The number of guanidine groups is 1. The van der Waals surface area contributed by atoms with E-state index in [4.69, 9.17) is 19.9 Å². The second kappa shape index (κ2) is 10.0. The van der Waals surface area contributed by atoms with Gasteiger partial charge in [-0.25, -0.2) is 4.99 Å². The number of anilines is 1. The molecule has 6 nitrogen and oxygen atoms in total. The first kappa shape index (κ1) is 20.1. The summed E-state index contributed by atoms with van der Waals surface area (Å²) in [5.41, 5.74) is 8.94. The average molecular weight is 391 g/mol. The third-order valence-electron chi connectivity index (χ3n) is 4.26. The van der Waals surface area contributed by atoms with Gasteiger partial charge in [-0.05, 0) is 35.4 Å². The van der Waals surface area contributed by atoms with E-state index in [1.165, 1.54) is 0 Å². The summed E-state index contributed by atoms with van der Waals surface area (Å²) in [6.07, 6.45) is 0. The van der Waals surface area contributed by atoms with Crippen molar-refractivity contribution in [3.05, 3.63) is 83.9 Å². The molecule has 0 aliphatic carbocycles. The molecule has 0 saturated carbocycles. The molecule has 0 saturated heterocycles. The van der Waals surface area contributed by atoms with Crippen molar-refractivity contribution < 1.29 is 14.2 Å². The van der Waals surface area contributed by atoms with E-state index >= 15 is 0 Å². The molecule has 3 aromatic rings. The number of rotatable bonds is 8. The lowest BCUT2D eigenvalue weighted by Crippen LogP contribution is -2.22. The number of hydrogen-bond acceptors (Lipinski definition) is 4. The highest BCUT2D eigenvalue weighted by Crippen LogP contribution is 2.29.